The van der Waals surface area contributed by atoms with Crippen LogP contribution in [0.1, 0.15) is 29.3 Å². The van der Waals surface area contributed by atoms with Gasteiger partial charge in [0.2, 0.25) is 4.77 Å². The van der Waals surface area contributed by atoms with Gasteiger partial charge >= 0.3 is 0 Å². The maximum absolute atomic E-state index is 6.00. The molecule has 0 unspecified atom stereocenters. The van der Waals surface area contributed by atoms with Crippen LogP contribution in [0.2, 0.25) is 0 Å². The Kier molecular flexibility index (Phi) is 6.01. The van der Waals surface area contributed by atoms with Crippen molar-refractivity contribution in [2.24, 2.45) is 0 Å². The summed E-state index contributed by atoms with van der Waals surface area (Å²) < 4.78 is 6.00. The molecule has 1 aliphatic heterocycles. The van der Waals surface area contributed by atoms with E-state index in [1.165, 1.54) is 16.1 Å². The predicted octanol–water partition coefficient (Wildman–Crippen LogP) is 6.22. The van der Waals surface area contributed by atoms with Gasteiger partial charge in [-0.15, -0.1) is 16.4 Å². The van der Waals surface area contributed by atoms with Crippen molar-refractivity contribution < 1.29 is 0 Å². The van der Waals surface area contributed by atoms with E-state index in [0.717, 1.165) is 47.7 Å². The molecular formula is C27H26N6S2. The van der Waals surface area contributed by atoms with Crippen LogP contribution in [0.5, 0.6) is 0 Å². The van der Waals surface area contributed by atoms with Gasteiger partial charge in [-0.25, -0.2) is 9.67 Å². The molecular weight excluding hydrogens is 472 g/mol. The monoisotopic (exact) mass is 498 g/mol. The van der Waals surface area contributed by atoms with Crippen molar-refractivity contribution in [2.75, 3.05) is 13.1 Å². The van der Waals surface area contributed by atoms with E-state index in [9.17, 15) is 0 Å². The summed E-state index contributed by atoms with van der Waals surface area (Å²) in [5, 5.41) is 6.24. The van der Waals surface area contributed by atoms with Gasteiger partial charge in [-0.2, -0.15) is 0 Å². The van der Waals surface area contributed by atoms with Crippen LogP contribution in [-0.2, 0) is 6.67 Å². The molecule has 1 saturated heterocycles. The van der Waals surface area contributed by atoms with E-state index < -0.39 is 0 Å². The zero-order chi connectivity index (χ0) is 23.8. The molecule has 1 atom stereocenters. The lowest BCUT2D eigenvalue weighted by atomic mass is 9.99. The van der Waals surface area contributed by atoms with Crippen LogP contribution in [0.3, 0.4) is 0 Å². The second-order valence-electron chi connectivity index (χ2n) is 9.05. The summed E-state index contributed by atoms with van der Waals surface area (Å²) in [6, 6.07) is 20.7. The molecule has 0 aliphatic carbocycles. The molecule has 8 heteroatoms. The largest absolute Gasteiger partial charge is 0.284 e. The molecule has 6 rings (SSSR count). The van der Waals surface area contributed by atoms with Gasteiger partial charge in [0.05, 0.1) is 27.6 Å². The Labute approximate surface area is 213 Å². The van der Waals surface area contributed by atoms with Crippen LogP contribution in [0.15, 0.2) is 73.1 Å². The van der Waals surface area contributed by atoms with Crippen LogP contribution >= 0.6 is 23.6 Å². The van der Waals surface area contributed by atoms with Crippen LogP contribution in [0.4, 0.5) is 0 Å². The second-order valence-corrected chi connectivity index (χ2v) is 10.5. The predicted molar refractivity (Wildman–Crippen MR) is 144 cm³/mol. The highest BCUT2D eigenvalue weighted by atomic mass is 32.1. The normalized spacial score (nSPS) is 16.7. The fraction of sp³-hybridized carbons (Fsp3) is 0.259. The standard InChI is InChI=1S/C27H26N6S2/c1-19-8-2-4-12-23(19)33-25(20-9-6-14-28-16-20)30-32(27(33)34)18-31-15-7-10-21(17-31)26-29-22-11-3-5-13-24(22)35-26/h2-6,8-9,11-14,16,21H,7,10,15,17-18H2,1H3/t21-/m1/s1. The highest BCUT2D eigenvalue weighted by molar-refractivity contribution is 7.71. The summed E-state index contributed by atoms with van der Waals surface area (Å²) in [6.07, 6.45) is 5.94. The van der Waals surface area contributed by atoms with Crippen molar-refractivity contribution in [3.8, 4) is 17.1 Å². The average Bonchev–Trinajstić information content (AvgIpc) is 3.47. The third-order valence-electron chi connectivity index (χ3n) is 6.61. The zero-order valence-corrected chi connectivity index (χ0v) is 21.2. The first-order valence-corrected chi connectivity index (χ1v) is 13.1. The molecule has 35 heavy (non-hydrogen) atoms. The van der Waals surface area contributed by atoms with Crippen LogP contribution < -0.4 is 0 Å². The van der Waals surface area contributed by atoms with E-state index in [2.05, 4.69) is 57.8 Å². The molecule has 2 aromatic carbocycles. The van der Waals surface area contributed by atoms with E-state index in [4.69, 9.17) is 22.3 Å². The molecule has 0 spiro atoms. The number of nitrogens with zero attached hydrogens (tertiary/aromatic N) is 6. The summed E-state index contributed by atoms with van der Waals surface area (Å²) in [5.74, 6) is 1.25. The SMILES string of the molecule is Cc1ccccc1-n1c(-c2cccnc2)nn(CN2CCC[C@@H](c3nc4ccccc4s3)C2)c1=S. The number of likely N-dealkylation sites (tertiary alicyclic amines) is 1. The number of para-hydroxylation sites is 2. The van der Waals surface area contributed by atoms with E-state index in [1.54, 1.807) is 6.20 Å². The number of thiazole rings is 1. The van der Waals surface area contributed by atoms with Crippen LogP contribution in [-0.4, -0.2) is 42.3 Å². The number of aromatic nitrogens is 5. The lowest BCUT2D eigenvalue weighted by Gasteiger charge is -2.31. The second kappa shape index (κ2) is 9.45. The zero-order valence-electron chi connectivity index (χ0n) is 19.5. The Morgan fingerprint density at radius 2 is 1.91 bits per heavy atom. The fourth-order valence-corrected chi connectivity index (χ4v) is 6.23. The van der Waals surface area contributed by atoms with Crippen LogP contribution in [0.25, 0.3) is 27.3 Å². The molecule has 6 nitrogen and oxygen atoms in total. The van der Waals surface area contributed by atoms with Crippen molar-refractivity contribution in [3.63, 3.8) is 0 Å². The number of piperidine rings is 1. The molecule has 3 aromatic heterocycles. The Morgan fingerprint density at radius 1 is 1.06 bits per heavy atom. The molecule has 0 bridgehead atoms. The number of rotatable bonds is 5. The highest BCUT2D eigenvalue weighted by Gasteiger charge is 2.25. The molecule has 0 saturated carbocycles. The Balaban J connectivity index is 1.33. The van der Waals surface area contributed by atoms with Crippen molar-refractivity contribution in [1.82, 2.24) is 29.2 Å². The number of benzene rings is 2. The molecule has 0 radical (unpaired) electrons. The van der Waals surface area contributed by atoms with Gasteiger partial charge in [-0.3, -0.25) is 14.5 Å². The Hall–Kier alpha value is -3.20. The fourth-order valence-electron chi connectivity index (χ4n) is 4.85. The maximum Gasteiger partial charge on any atom is 0.204 e. The van der Waals surface area contributed by atoms with Gasteiger partial charge in [0.1, 0.15) is 0 Å². The lowest BCUT2D eigenvalue weighted by molar-refractivity contribution is 0.156. The maximum atomic E-state index is 6.00. The first-order chi connectivity index (χ1) is 17.2. The minimum absolute atomic E-state index is 0.437. The quantitative estimate of drug-likeness (QED) is 0.269. The third kappa shape index (κ3) is 4.33. The highest BCUT2D eigenvalue weighted by Crippen LogP contribution is 2.33. The first-order valence-electron chi connectivity index (χ1n) is 11.9. The number of pyridine rings is 1. The topological polar surface area (TPSA) is 51.8 Å². The van der Waals surface area contributed by atoms with E-state index in [1.807, 2.05) is 46.5 Å². The molecule has 1 fully saturated rings. The van der Waals surface area contributed by atoms with E-state index in [-0.39, 0.29) is 0 Å². The minimum atomic E-state index is 0.437. The van der Waals surface area contributed by atoms with E-state index >= 15 is 0 Å². The van der Waals surface area contributed by atoms with Crippen LogP contribution in [0, 0.1) is 11.7 Å². The lowest BCUT2D eigenvalue weighted by Crippen LogP contribution is -2.36. The van der Waals surface area contributed by atoms with Crippen molar-refractivity contribution in [3.05, 3.63) is 88.4 Å². The molecule has 176 valence electrons. The van der Waals surface area contributed by atoms with Gasteiger partial charge in [-0.05, 0) is 74.4 Å². The van der Waals surface area contributed by atoms with Gasteiger partial charge in [-0.1, -0.05) is 30.3 Å². The van der Waals surface area contributed by atoms with E-state index in [0.29, 0.717) is 17.4 Å². The Morgan fingerprint density at radius 3 is 2.74 bits per heavy atom. The molecule has 5 aromatic rings. The molecule has 0 amide bonds. The van der Waals surface area contributed by atoms with Gasteiger partial charge in [0, 0.05) is 30.4 Å². The number of hydrogen-bond acceptors (Lipinski definition) is 6. The van der Waals surface area contributed by atoms with Crippen molar-refractivity contribution in [2.45, 2.75) is 32.4 Å². The molecule has 1 aliphatic rings. The smallest absolute Gasteiger partial charge is 0.204 e. The van der Waals surface area contributed by atoms with Crippen molar-refractivity contribution >= 4 is 33.8 Å². The third-order valence-corrected chi connectivity index (χ3v) is 8.21. The van der Waals surface area contributed by atoms with Gasteiger partial charge in [0.15, 0.2) is 5.82 Å². The summed E-state index contributed by atoms with van der Waals surface area (Å²) in [5.41, 5.74) is 4.26. The first kappa shape index (κ1) is 22.3. The van der Waals surface area contributed by atoms with Crippen molar-refractivity contribution in [1.29, 1.82) is 0 Å². The van der Waals surface area contributed by atoms with Gasteiger partial charge < -0.3 is 0 Å². The molecule has 0 N–H and O–H groups in total. The number of aryl methyl sites for hydroxylation is 1. The minimum Gasteiger partial charge on any atom is -0.284 e. The van der Waals surface area contributed by atoms with Gasteiger partial charge in [0.25, 0.3) is 0 Å². The summed E-state index contributed by atoms with van der Waals surface area (Å²) >= 11 is 7.82. The molecule has 4 heterocycles. The number of hydrogen-bond donors (Lipinski definition) is 0. The Bertz CT molecular complexity index is 1500. The summed E-state index contributed by atoms with van der Waals surface area (Å²) in [6.45, 7) is 4.75. The summed E-state index contributed by atoms with van der Waals surface area (Å²) in [4.78, 5) is 11.7. The summed E-state index contributed by atoms with van der Waals surface area (Å²) in [7, 11) is 0. The number of fused-ring (bicyclic) bond motifs is 1. The average molecular weight is 499 g/mol.